The molecule has 1 aliphatic carbocycles. The highest BCUT2D eigenvalue weighted by atomic mass is 16.4. The number of carboxylic acids is 1. The molecule has 0 heterocycles. The van der Waals surface area contributed by atoms with E-state index in [1.807, 2.05) is 0 Å². The average Bonchev–Trinajstić information content (AvgIpc) is 2.40. The van der Waals surface area contributed by atoms with Crippen molar-refractivity contribution in [2.45, 2.75) is 32.6 Å². The zero-order chi connectivity index (χ0) is 15.0. The van der Waals surface area contributed by atoms with Crippen molar-refractivity contribution in [2.24, 2.45) is 11.8 Å². The van der Waals surface area contributed by atoms with E-state index in [-0.39, 0.29) is 6.54 Å². The first kappa shape index (κ1) is 16.3. The van der Waals surface area contributed by atoms with Crippen LogP contribution in [0.15, 0.2) is 0 Å². The summed E-state index contributed by atoms with van der Waals surface area (Å²) in [5.74, 6) is -0.422. The van der Waals surface area contributed by atoms with Gasteiger partial charge in [-0.1, -0.05) is 19.8 Å². The Balaban J connectivity index is 2.10. The van der Waals surface area contributed by atoms with Gasteiger partial charge in [-0.25, -0.2) is 4.79 Å². The van der Waals surface area contributed by atoms with Gasteiger partial charge in [0.25, 0.3) is 0 Å². The van der Waals surface area contributed by atoms with E-state index >= 15 is 0 Å². The van der Waals surface area contributed by atoms with E-state index < -0.39 is 24.5 Å². The number of carbonyl (C=O) groups excluding carboxylic acids is 2. The number of rotatable bonds is 6. The van der Waals surface area contributed by atoms with Crippen molar-refractivity contribution >= 4 is 17.9 Å². The second kappa shape index (κ2) is 8.39. The van der Waals surface area contributed by atoms with E-state index in [1.165, 1.54) is 12.8 Å². The summed E-state index contributed by atoms with van der Waals surface area (Å²) in [5.41, 5.74) is 0. The van der Waals surface area contributed by atoms with Gasteiger partial charge in [0.05, 0.1) is 6.54 Å². The molecule has 0 aromatic carbocycles. The van der Waals surface area contributed by atoms with Gasteiger partial charge in [-0.05, 0) is 24.7 Å². The molecule has 0 bridgehead atoms. The minimum Gasteiger partial charge on any atom is -0.480 e. The zero-order valence-corrected chi connectivity index (χ0v) is 11.8. The number of nitrogens with one attached hydrogen (secondary N) is 3. The van der Waals surface area contributed by atoms with Crippen LogP contribution in [0.2, 0.25) is 0 Å². The van der Waals surface area contributed by atoms with Gasteiger partial charge in [0, 0.05) is 6.54 Å². The Morgan fingerprint density at radius 1 is 1.10 bits per heavy atom. The quantitative estimate of drug-likeness (QED) is 0.563. The fraction of sp³-hybridized carbons (Fsp3) is 0.769. The van der Waals surface area contributed by atoms with Crippen LogP contribution in [0.5, 0.6) is 0 Å². The Bertz CT molecular complexity index is 360. The summed E-state index contributed by atoms with van der Waals surface area (Å²) < 4.78 is 0. The molecule has 0 radical (unpaired) electrons. The first-order chi connectivity index (χ1) is 9.47. The third-order valence-electron chi connectivity index (χ3n) is 3.44. The molecule has 1 aliphatic rings. The van der Waals surface area contributed by atoms with Crippen molar-refractivity contribution in [1.82, 2.24) is 16.0 Å². The Labute approximate surface area is 118 Å². The normalized spacial score (nSPS) is 21.9. The molecule has 0 saturated heterocycles. The van der Waals surface area contributed by atoms with Gasteiger partial charge in [0.15, 0.2) is 0 Å². The molecule has 1 fully saturated rings. The molecule has 20 heavy (non-hydrogen) atoms. The van der Waals surface area contributed by atoms with Gasteiger partial charge >= 0.3 is 12.0 Å². The molecule has 0 aromatic heterocycles. The van der Waals surface area contributed by atoms with Gasteiger partial charge in [0.1, 0.15) is 6.54 Å². The van der Waals surface area contributed by atoms with Gasteiger partial charge in [-0.15, -0.1) is 0 Å². The lowest BCUT2D eigenvalue weighted by molar-refractivity contribution is -0.137. The third kappa shape index (κ3) is 6.96. The smallest absolute Gasteiger partial charge is 0.322 e. The van der Waals surface area contributed by atoms with Crippen LogP contribution < -0.4 is 16.0 Å². The van der Waals surface area contributed by atoms with Crippen molar-refractivity contribution in [3.05, 3.63) is 0 Å². The lowest BCUT2D eigenvalue weighted by atomic mass is 9.82. The number of urea groups is 1. The van der Waals surface area contributed by atoms with Crippen LogP contribution >= 0.6 is 0 Å². The SMILES string of the molecule is CC1CCCC(CNC(=O)NCC(=O)NCC(=O)O)C1. The van der Waals surface area contributed by atoms with Crippen molar-refractivity contribution < 1.29 is 19.5 Å². The molecule has 0 spiro atoms. The largest absolute Gasteiger partial charge is 0.480 e. The van der Waals surface area contributed by atoms with Crippen LogP contribution in [0.4, 0.5) is 4.79 Å². The van der Waals surface area contributed by atoms with Crippen LogP contribution in [0.25, 0.3) is 0 Å². The van der Waals surface area contributed by atoms with Crippen LogP contribution in [0.1, 0.15) is 32.6 Å². The summed E-state index contributed by atoms with van der Waals surface area (Å²) in [6.45, 7) is 2.17. The van der Waals surface area contributed by atoms with Crippen LogP contribution in [0, 0.1) is 11.8 Å². The predicted octanol–water partition coefficient (Wildman–Crippen LogP) is 0.313. The van der Waals surface area contributed by atoms with Gasteiger partial charge in [-0.2, -0.15) is 0 Å². The van der Waals surface area contributed by atoms with E-state index in [2.05, 4.69) is 22.9 Å². The second-order valence-corrected chi connectivity index (χ2v) is 5.37. The summed E-state index contributed by atoms with van der Waals surface area (Å²) in [5, 5.41) is 15.7. The van der Waals surface area contributed by atoms with Gasteiger partial charge in [0.2, 0.25) is 5.91 Å². The maximum Gasteiger partial charge on any atom is 0.322 e. The maximum absolute atomic E-state index is 11.5. The van der Waals surface area contributed by atoms with E-state index in [0.29, 0.717) is 18.4 Å². The Hall–Kier alpha value is -1.79. The van der Waals surface area contributed by atoms with Crippen molar-refractivity contribution in [3.8, 4) is 0 Å². The Kier molecular flexibility index (Phi) is 6.83. The molecule has 0 aromatic rings. The highest BCUT2D eigenvalue weighted by Gasteiger charge is 2.19. The summed E-state index contributed by atoms with van der Waals surface area (Å²) in [6, 6.07) is -0.395. The number of carbonyl (C=O) groups is 3. The molecule has 4 N–H and O–H groups in total. The average molecular weight is 285 g/mol. The Morgan fingerprint density at radius 3 is 2.50 bits per heavy atom. The fourth-order valence-electron chi connectivity index (χ4n) is 2.44. The van der Waals surface area contributed by atoms with E-state index in [0.717, 1.165) is 12.8 Å². The van der Waals surface area contributed by atoms with Crippen molar-refractivity contribution in [3.63, 3.8) is 0 Å². The standard InChI is InChI=1S/C13H23N3O4/c1-9-3-2-4-10(5-9)6-15-13(20)16-7-11(17)14-8-12(18)19/h9-10H,2-8H2,1H3,(H,14,17)(H,18,19)(H2,15,16,20). The monoisotopic (exact) mass is 285 g/mol. The molecule has 1 rings (SSSR count). The van der Waals surface area contributed by atoms with Crippen molar-refractivity contribution in [2.75, 3.05) is 19.6 Å². The van der Waals surface area contributed by atoms with Crippen LogP contribution in [-0.2, 0) is 9.59 Å². The molecule has 3 amide bonds. The minimum absolute atomic E-state index is 0.222. The molecule has 2 unspecified atom stereocenters. The zero-order valence-electron chi connectivity index (χ0n) is 11.8. The van der Waals surface area contributed by atoms with Crippen LogP contribution in [0.3, 0.4) is 0 Å². The Morgan fingerprint density at radius 2 is 1.85 bits per heavy atom. The maximum atomic E-state index is 11.5. The number of carboxylic acid groups (broad SMARTS) is 1. The fourth-order valence-corrected chi connectivity index (χ4v) is 2.44. The van der Waals surface area contributed by atoms with E-state index in [4.69, 9.17) is 5.11 Å². The number of hydrogen-bond acceptors (Lipinski definition) is 3. The molecule has 7 nitrogen and oxygen atoms in total. The summed E-state index contributed by atoms with van der Waals surface area (Å²) in [7, 11) is 0. The molecular weight excluding hydrogens is 262 g/mol. The van der Waals surface area contributed by atoms with Crippen LogP contribution in [-0.4, -0.2) is 42.6 Å². The topological polar surface area (TPSA) is 108 Å². The third-order valence-corrected chi connectivity index (χ3v) is 3.44. The lowest BCUT2D eigenvalue weighted by Gasteiger charge is -2.26. The molecule has 114 valence electrons. The first-order valence-corrected chi connectivity index (χ1v) is 6.97. The first-order valence-electron chi connectivity index (χ1n) is 6.97. The highest BCUT2D eigenvalue weighted by Crippen LogP contribution is 2.27. The number of aliphatic carboxylic acids is 1. The van der Waals surface area contributed by atoms with E-state index in [1.54, 1.807) is 0 Å². The second-order valence-electron chi connectivity index (χ2n) is 5.37. The highest BCUT2D eigenvalue weighted by molar-refractivity contribution is 5.86. The molecular formula is C13H23N3O4. The van der Waals surface area contributed by atoms with Gasteiger partial charge < -0.3 is 21.1 Å². The van der Waals surface area contributed by atoms with Crippen molar-refractivity contribution in [1.29, 1.82) is 0 Å². The minimum atomic E-state index is -1.12. The molecule has 0 aliphatic heterocycles. The summed E-state index contributed by atoms with van der Waals surface area (Å²) >= 11 is 0. The number of hydrogen-bond donors (Lipinski definition) is 4. The molecule has 7 heteroatoms. The number of amides is 3. The summed E-state index contributed by atoms with van der Waals surface area (Å²) in [6.07, 6.45) is 4.71. The van der Waals surface area contributed by atoms with Gasteiger partial charge in [-0.3, -0.25) is 9.59 Å². The lowest BCUT2D eigenvalue weighted by Crippen LogP contribution is -2.44. The van der Waals surface area contributed by atoms with E-state index in [9.17, 15) is 14.4 Å². The molecule has 2 atom stereocenters. The summed E-state index contributed by atoms with van der Waals surface area (Å²) in [4.78, 5) is 32.9. The molecule has 1 saturated carbocycles. The predicted molar refractivity (Wildman–Crippen MR) is 73.2 cm³/mol.